The van der Waals surface area contributed by atoms with Crippen LogP contribution in [0.3, 0.4) is 0 Å². The quantitative estimate of drug-likeness (QED) is 0.842. The van der Waals surface area contributed by atoms with E-state index in [2.05, 4.69) is 13.8 Å². The van der Waals surface area contributed by atoms with Gasteiger partial charge in [-0.15, -0.1) is 0 Å². The summed E-state index contributed by atoms with van der Waals surface area (Å²) in [5.74, 6) is 0.125. The Balaban J connectivity index is 2.43. The van der Waals surface area contributed by atoms with Crippen molar-refractivity contribution in [3.05, 3.63) is 35.4 Å². The summed E-state index contributed by atoms with van der Waals surface area (Å²) in [6.07, 6.45) is 0.955. The zero-order valence-electron chi connectivity index (χ0n) is 9.81. The smallest absolute Gasteiger partial charge is 0.255 e. The van der Waals surface area contributed by atoms with Crippen LogP contribution in [-0.4, -0.2) is 23.4 Å². The number of hydrogen-bond donors (Lipinski definition) is 1. The Morgan fingerprint density at radius 3 is 2.75 bits per heavy atom. The highest BCUT2D eigenvalue weighted by molar-refractivity contribution is 5.99. The van der Waals surface area contributed by atoms with Gasteiger partial charge >= 0.3 is 0 Å². The van der Waals surface area contributed by atoms with Gasteiger partial charge in [-0.1, -0.05) is 25.1 Å². The van der Waals surface area contributed by atoms with Crippen molar-refractivity contribution in [1.29, 1.82) is 0 Å². The molecule has 1 heterocycles. The number of carbonyl (C=O) groups is 1. The fourth-order valence-electron chi connectivity index (χ4n) is 2.36. The van der Waals surface area contributed by atoms with Gasteiger partial charge < -0.3 is 10.6 Å². The van der Waals surface area contributed by atoms with Gasteiger partial charge in [-0.05, 0) is 25.0 Å². The Kier molecular flexibility index (Phi) is 2.97. The zero-order valence-corrected chi connectivity index (χ0v) is 9.81. The predicted octanol–water partition coefficient (Wildman–Crippen LogP) is 1.94. The van der Waals surface area contributed by atoms with Crippen LogP contribution in [0, 0.1) is 0 Å². The van der Waals surface area contributed by atoms with E-state index in [9.17, 15) is 4.79 Å². The maximum atomic E-state index is 12.2. The van der Waals surface area contributed by atoms with E-state index in [4.69, 9.17) is 5.73 Å². The Bertz CT molecular complexity index is 403. The summed E-state index contributed by atoms with van der Waals surface area (Å²) in [6.45, 7) is 4.66. The highest BCUT2D eigenvalue weighted by Gasteiger charge is 2.37. The first-order valence-corrected chi connectivity index (χ1v) is 5.82. The average molecular weight is 218 g/mol. The lowest BCUT2D eigenvalue weighted by atomic mass is 10.0. The van der Waals surface area contributed by atoms with Crippen molar-refractivity contribution in [2.75, 3.05) is 6.54 Å². The molecule has 2 rings (SSSR count). The van der Waals surface area contributed by atoms with Crippen LogP contribution in [-0.2, 0) is 0 Å². The lowest BCUT2D eigenvalue weighted by Crippen LogP contribution is -2.38. The Morgan fingerprint density at radius 2 is 2.12 bits per heavy atom. The number of nitrogens with zero attached hydrogens (tertiary/aromatic N) is 1. The summed E-state index contributed by atoms with van der Waals surface area (Å²) in [6, 6.07) is 8.07. The van der Waals surface area contributed by atoms with E-state index in [0.29, 0.717) is 6.54 Å². The van der Waals surface area contributed by atoms with Crippen LogP contribution < -0.4 is 5.73 Å². The highest BCUT2D eigenvalue weighted by Crippen LogP contribution is 2.34. The van der Waals surface area contributed by atoms with Crippen LogP contribution >= 0.6 is 0 Å². The van der Waals surface area contributed by atoms with Gasteiger partial charge in [0.1, 0.15) is 0 Å². The summed E-state index contributed by atoms with van der Waals surface area (Å²) in [5, 5.41) is 0. The largest absolute Gasteiger partial charge is 0.328 e. The topological polar surface area (TPSA) is 46.3 Å². The molecule has 3 nitrogen and oxygen atoms in total. The van der Waals surface area contributed by atoms with Crippen molar-refractivity contribution in [2.24, 2.45) is 5.73 Å². The van der Waals surface area contributed by atoms with Crippen molar-refractivity contribution in [1.82, 2.24) is 4.90 Å². The van der Waals surface area contributed by atoms with Gasteiger partial charge in [-0.2, -0.15) is 0 Å². The summed E-state index contributed by atoms with van der Waals surface area (Å²) in [4.78, 5) is 14.2. The van der Waals surface area contributed by atoms with Crippen molar-refractivity contribution in [3.63, 3.8) is 0 Å². The molecule has 0 radical (unpaired) electrons. The van der Waals surface area contributed by atoms with Crippen molar-refractivity contribution in [2.45, 2.75) is 32.4 Å². The first kappa shape index (κ1) is 11.1. The second kappa shape index (κ2) is 4.26. The minimum Gasteiger partial charge on any atom is -0.328 e. The molecule has 0 bridgehead atoms. The number of fused-ring (bicyclic) bond motifs is 1. The molecule has 3 heteroatoms. The number of carbonyl (C=O) groups excluding carboxylic acids is 1. The number of hydrogen-bond acceptors (Lipinski definition) is 2. The Hall–Kier alpha value is -1.35. The molecule has 86 valence electrons. The van der Waals surface area contributed by atoms with E-state index < -0.39 is 0 Å². The molecular weight excluding hydrogens is 200 g/mol. The maximum absolute atomic E-state index is 12.2. The molecule has 0 aliphatic carbocycles. The van der Waals surface area contributed by atoms with Crippen LogP contribution in [0.25, 0.3) is 0 Å². The van der Waals surface area contributed by atoms with Gasteiger partial charge in [-0.25, -0.2) is 0 Å². The summed E-state index contributed by atoms with van der Waals surface area (Å²) < 4.78 is 0. The van der Waals surface area contributed by atoms with Crippen LogP contribution in [0.2, 0.25) is 0 Å². The van der Waals surface area contributed by atoms with E-state index in [1.807, 2.05) is 29.2 Å². The second-order valence-electron chi connectivity index (χ2n) is 4.31. The lowest BCUT2D eigenvalue weighted by molar-refractivity contribution is 0.0647. The van der Waals surface area contributed by atoms with E-state index in [-0.39, 0.29) is 18.0 Å². The molecular formula is C13H18N2O. The third kappa shape index (κ3) is 1.52. The van der Waals surface area contributed by atoms with Crippen LogP contribution in [0.4, 0.5) is 0 Å². The first-order chi connectivity index (χ1) is 7.70. The molecule has 1 aliphatic rings. The molecule has 2 atom stereocenters. The fraction of sp³-hybridized carbons (Fsp3) is 0.462. The molecule has 2 N–H and O–H groups in total. The average Bonchev–Trinajstić information content (AvgIpc) is 2.62. The standard InChI is InChI=1S/C13H18N2O/c1-3-9(2)15-12(8-14)10-6-4-5-7-11(10)13(15)16/h4-7,9,12H,3,8,14H2,1-2H3/t9-,12-/m1/s1. The molecule has 1 amide bonds. The van der Waals surface area contributed by atoms with Gasteiger partial charge in [0.2, 0.25) is 0 Å². The van der Waals surface area contributed by atoms with Gasteiger partial charge in [0.15, 0.2) is 0 Å². The van der Waals surface area contributed by atoms with Gasteiger partial charge in [0.25, 0.3) is 5.91 Å². The van der Waals surface area contributed by atoms with E-state index in [1.54, 1.807) is 0 Å². The van der Waals surface area contributed by atoms with Crippen molar-refractivity contribution < 1.29 is 4.79 Å². The molecule has 0 aromatic heterocycles. The molecule has 0 saturated carbocycles. The SMILES string of the molecule is CC[C@@H](C)N1C(=O)c2ccccc2[C@H]1CN. The minimum atomic E-state index is 0.0543. The highest BCUT2D eigenvalue weighted by atomic mass is 16.2. The Labute approximate surface area is 96.2 Å². The minimum absolute atomic E-state index is 0.0543. The summed E-state index contributed by atoms with van der Waals surface area (Å²) >= 11 is 0. The summed E-state index contributed by atoms with van der Waals surface area (Å²) in [7, 11) is 0. The number of nitrogens with two attached hydrogens (primary N) is 1. The molecule has 0 fully saturated rings. The molecule has 1 aromatic carbocycles. The van der Waals surface area contributed by atoms with E-state index in [0.717, 1.165) is 17.5 Å². The lowest BCUT2D eigenvalue weighted by Gasteiger charge is -2.29. The Morgan fingerprint density at radius 1 is 1.44 bits per heavy atom. The molecule has 0 unspecified atom stereocenters. The van der Waals surface area contributed by atoms with E-state index in [1.165, 1.54) is 0 Å². The monoisotopic (exact) mass is 218 g/mol. The fourth-order valence-corrected chi connectivity index (χ4v) is 2.36. The first-order valence-electron chi connectivity index (χ1n) is 5.82. The molecule has 1 aromatic rings. The van der Waals surface area contributed by atoms with Crippen LogP contribution in [0.1, 0.15) is 42.2 Å². The number of benzene rings is 1. The van der Waals surface area contributed by atoms with Crippen molar-refractivity contribution in [3.8, 4) is 0 Å². The van der Waals surface area contributed by atoms with E-state index >= 15 is 0 Å². The zero-order chi connectivity index (χ0) is 11.7. The van der Waals surface area contributed by atoms with Crippen molar-refractivity contribution >= 4 is 5.91 Å². The third-order valence-corrected chi connectivity index (χ3v) is 3.41. The molecule has 0 saturated heterocycles. The van der Waals surface area contributed by atoms with Gasteiger partial charge in [0, 0.05) is 18.2 Å². The molecule has 1 aliphatic heterocycles. The second-order valence-corrected chi connectivity index (χ2v) is 4.31. The van der Waals surface area contributed by atoms with Gasteiger partial charge in [-0.3, -0.25) is 4.79 Å². The van der Waals surface area contributed by atoms with Crippen LogP contribution in [0.15, 0.2) is 24.3 Å². The third-order valence-electron chi connectivity index (χ3n) is 3.41. The maximum Gasteiger partial charge on any atom is 0.255 e. The van der Waals surface area contributed by atoms with Crippen LogP contribution in [0.5, 0.6) is 0 Å². The summed E-state index contributed by atoms with van der Waals surface area (Å²) in [5.41, 5.74) is 7.70. The molecule has 16 heavy (non-hydrogen) atoms. The number of rotatable bonds is 3. The normalized spacial score (nSPS) is 21.1. The van der Waals surface area contributed by atoms with Gasteiger partial charge in [0.05, 0.1) is 6.04 Å². The molecule has 0 spiro atoms. The number of amides is 1. The predicted molar refractivity (Wildman–Crippen MR) is 64.2 cm³/mol.